The standard InChI is InChI=1S/C26H26N4O5/c1-2-33-26(32)20-8-11-24(28-17-20)29-12-5-13-30(15-14-29)25(31)23-10-9-21(35-23)18-34-22-7-4-3-6-19(22)16-27/h3-4,6-11,17H,2,5,12-15,18H2,1H3. The summed E-state index contributed by atoms with van der Waals surface area (Å²) in [4.78, 5) is 33.1. The van der Waals surface area contributed by atoms with Gasteiger partial charge in [0.25, 0.3) is 5.91 Å². The molecule has 0 spiro atoms. The van der Waals surface area contributed by atoms with Crippen molar-refractivity contribution in [3.8, 4) is 11.8 Å². The van der Waals surface area contributed by atoms with Crippen LogP contribution in [0, 0.1) is 11.3 Å². The zero-order chi connectivity index (χ0) is 24.6. The maximum absolute atomic E-state index is 13.0. The third kappa shape index (κ3) is 5.79. The zero-order valence-corrected chi connectivity index (χ0v) is 19.5. The second-order valence-electron chi connectivity index (χ2n) is 7.92. The van der Waals surface area contributed by atoms with Gasteiger partial charge >= 0.3 is 5.97 Å². The molecule has 0 radical (unpaired) electrons. The van der Waals surface area contributed by atoms with Gasteiger partial charge in [-0.2, -0.15) is 5.26 Å². The number of pyridine rings is 1. The average Bonchev–Trinajstić information content (AvgIpc) is 3.23. The molecule has 0 bridgehead atoms. The Bertz CT molecular complexity index is 1210. The number of furan rings is 1. The van der Waals surface area contributed by atoms with Crippen molar-refractivity contribution in [1.29, 1.82) is 5.26 Å². The van der Waals surface area contributed by atoms with Crippen molar-refractivity contribution in [2.24, 2.45) is 0 Å². The molecule has 1 fully saturated rings. The molecule has 180 valence electrons. The summed E-state index contributed by atoms with van der Waals surface area (Å²) in [5, 5.41) is 9.18. The number of ether oxygens (including phenoxy) is 2. The van der Waals surface area contributed by atoms with Crippen LogP contribution in [-0.4, -0.2) is 54.5 Å². The van der Waals surface area contributed by atoms with E-state index in [1.807, 2.05) is 0 Å². The predicted molar refractivity (Wildman–Crippen MR) is 127 cm³/mol. The molecule has 1 saturated heterocycles. The highest BCUT2D eigenvalue weighted by atomic mass is 16.5. The molecule has 0 unspecified atom stereocenters. The van der Waals surface area contributed by atoms with Crippen LogP contribution in [0.3, 0.4) is 0 Å². The van der Waals surface area contributed by atoms with Crippen molar-refractivity contribution in [2.75, 3.05) is 37.7 Å². The number of carbonyl (C=O) groups excluding carboxylic acids is 2. The molecule has 1 aliphatic heterocycles. The Morgan fingerprint density at radius 2 is 1.94 bits per heavy atom. The lowest BCUT2D eigenvalue weighted by Gasteiger charge is -2.22. The number of hydrogen-bond acceptors (Lipinski definition) is 8. The minimum Gasteiger partial charge on any atom is -0.484 e. The van der Waals surface area contributed by atoms with E-state index >= 15 is 0 Å². The number of benzene rings is 1. The SMILES string of the molecule is CCOC(=O)c1ccc(N2CCCN(C(=O)c3ccc(COc4ccccc4C#N)o3)CC2)nc1. The van der Waals surface area contributed by atoms with Crippen molar-refractivity contribution in [1.82, 2.24) is 9.88 Å². The zero-order valence-electron chi connectivity index (χ0n) is 19.5. The Kier molecular flexibility index (Phi) is 7.63. The highest BCUT2D eigenvalue weighted by molar-refractivity contribution is 5.91. The fourth-order valence-corrected chi connectivity index (χ4v) is 3.82. The number of aromatic nitrogens is 1. The van der Waals surface area contributed by atoms with Crippen LogP contribution in [0.2, 0.25) is 0 Å². The Balaban J connectivity index is 1.33. The summed E-state index contributed by atoms with van der Waals surface area (Å²) in [5.74, 6) is 1.40. The van der Waals surface area contributed by atoms with E-state index in [4.69, 9.17) is 13.9 Å². The lowest BCUT2D eigenvalue weighted by molar-refractivity contribution is 0.0525. The molecule has 0 atom stereocenters. The fourth-order valence-electron chi connectivity index (χ4n) is 3.82. The lowest BCUT2D eigenvalue weighted by atomic mass is 10.2. The predicted octanol–water partition coefficient (Wildman–Crippen LogP) is 3.65. The number of esters is 1. The molecular weight excluding hydrogens is 448 g/mol. The van der Waals surface area contributed by atoms with Crippen molar-refractivity contribution in [2.45, 2.75) is 20.0 Å². The Labute approximate surface area is 203 Å². The number of rotatable bonds is 7. The van der Waals surface area contributed by atoms with Gasteiger partial charge in [0.2, 0.25) is 0 Å². The normalized spacial score (nSPS) is 13.6. The lowest BCUT2D eigenvalue weighted by Crippen LogP contribution is -2.35. The Morgan fingerprint density at radius 1 is 1.09 bits per heavy atom. The molecule has 2 aromatic heterocycles. The van der Waals surface area contributed by atoms with Gasteiger partial charge in [-0.3, -0.25) is 4.79 Å². The van der Waals surface area contributed by atoms with E-state index in [-0.39, 0.29) is 18.3 Å². The molecule has 0 aliphatic carbocycles. The molecule has 9 nitrogen and oxygen atoms in total. The molecule has 0 N–H and O–H groups in total. The summed E-state index contributed by atoms with van der Waals surface area (Å²) >= 11 is 0. The van der Waals surface area contributed by atoms with E-state index < -0.39 is 5.97 Å². The maximum atomic E-state index is 13.0. The van der Waals surface area contributed by atoms with Gasteiger partial charge < -0.3 is 23.7 Å². The van der Waals surface area contributed by atoms with Crippen LogP contribution in [0.15, 0.2) is 59.1 Å². The summed E-state index contributed by atoms with van der Waals surface area (Å²) < 4.78 is 16.4. The summed E-state index contributed by atoms with van der Waals surface area (Å²) in [7, 11) is 0. The van der Waals surface area contributed by atoms with Crippen LogP contribution in [-0.2, 0) is 11.3 Å². The van der Waals surface area contributed by atoms with Gasteiger partial charge in [-0.25, -0.2) is 9.78 Å². The molecule has 3 heterocycles. The van der Waals surface area contributed by atoms with Crippen molar-refractivity contribution in [3.63, 3.8) is 0 Å². The summed E-state index contributed by atoms with van der Waals surface area (Å²) in [6, 6.07) is 15.9. The first-order valence-electron chi connectivity index (χ1n) is 11.5. The van der Waals surface area contributed by atoms with Crippen LogP contribution < -0.4 is 9.64 Å². The quantitative estimate of drug-likeness (QED) is 0.478. The fraction of sp³-hybridized carbons (Fsp3) is 0.308. The van der Waals surface area contributed by atoms with E-state index in [1.165, 1.54) is 6.20 Å². The first-order valence-corrected chi connectivity index (χ1v) is 11.5. The minimum atomic E-state index is -0.392. The van der Waals surface area contributed by atoms with Crippen LogP contribution >= 0.6 is 0 Å². The van der Waals surface area contributed by atoms with Crippen LogP contribution in [0.5, 0.6) is 5.75 Å². The van der Waals surface area contributed by atoms with Gasteiger partial charge in [-0.1, -0.05) is 12.1 Å². The van der Waals surface area contributed by atoms with Crippen LogP contribution in [0.1, 0.15) is 45.6 Å². The number of para-hydroxylation sites is 1. The number of carbonyl (C=O) groups is 2. The second-order valence-corrected chi connectivity index (χ2v) is 7.92. The highest BCUT2D eigenvalue weighted by Crippen LogP contribution is 2.20. The number of anilines is 1. The Morgan fingerprint density at radius 3 is 2.71 bits per heavy atom. The monoisotopic (exact) mass is 474 g/mol. The number of amides is 1. The number of hydrogen-bond donors (Lipinski definition) is 0. The average molecular weight is 475 g/mol. The molecule has 0 saturated carbocycles. The largest absolute Gasteiger partial charge is 0.484 e. The minimum absolute atomic E-state index is 0.118. The van der Waals surface area contributed by atoms with Gasteiger partial charge in [-0.15, -0.1) is 0 Å². The third-order valence-electron chi connectivity index (χ3n) is 5.62. The molecule has 3 aromatic rings. The molecule has 1 amide bonds. The first kappa shape index (κ1) is 23.8. The van der Waals surface area contributed by atoms with Gasteiger partial charge in [0.1, 0.15) is 30.0 Å². The van der Waals surface area contributed by atoms with Crippen molar-refractivity contribution in [3.05, 3.63) is 77.4 Å². The molecule has 1 aliphatic rings. The van der Waals surface area contributed by atoms with E-state index in [1.54, 1.807) is 60.4 Å². The van der Waals surface area contributed by atoms with Gasteiger partial charge in [0.15, 0.2) is 5.76 Å². The number of nitriles is 1. The molecule has 4 rings (SSSR count). The third-order valence-corrected chi connectivity index (χ3v) is 5.62. The van der Waals surface area contributed by atoms with E-state index in [0.29, 0.717) is 48.9 Å². The molecule has 35 heavy (non-hydrogen) atoms. The molecule has 9 heteroatoms. The second kappa shape index (κ2) is 11.2. The van der Waals surface area contributed by atoms with Crippen LogP contribution in [0.25, 0.3) is 0 Å². The smallest absolute Gasteiger partial charge is 0.339 e. The first-order chi connectivity index (χ1) is 17.1. The molecule has 1 aromatic carbocycles. The number of nitrogens with zero attached hydrogens (tertiary/aromatic N) is 4. The Hall–Kier alpha value is -4.32. The van der Waals surface area contributed by atoms with Gasteiger partial charge in [-0.05, 0) is 49.7 Å². The van der Waals surface area contributed by atoms with Crippen LogP contribution in [0.4, 0.5) is 5.82 Å². The molecular formula is C26H26N4O5. The topological polar surface area (TPSA) is 109 Å². The van der Waals surface area contributed by atoms with Crippen molar-refractivity contribution < 1.29 is 23.5 Å². The summed E-state index contributed by atoms with van der Waals surface area (Å²) in [6.07, 6.45) is 2.29. The summed E-state index contributed by atoms with van der Waals surface area (Å²) in [6.45, 7) is 4.66. The highest BCUT2D eigenvalue weighted by Gasteiger charge is 2.23. The van der Waals surface area contributed by atoms with E-state index in [2.05, 4.69) is 16.0 Å². The van der Waals surface area contributed by atoms with Gasteiger partial charge in [0.05, 0.1) is 17.7 Å². The van der Waals surface area contributed by atoms with E-state index in [0.717, 1.165) is 18.8 Å². The van der Waals surface area contributed by atoms with E-state index in [9.17, 15) is 14.9 Å². The maximum Gasteiger partial charge on any atom is 0.339 e. The summed E-state index contributed by atoms with van der Waals surface area (Å²) in [5.41, 5.74) is 0.852. The van der Waals surface area contributed by atoms with Crippen molar-refractivity contribution >= 4 is 17.7 Å². The van der Waals surface area contributed by atoms with Gasteiger partial charge in [0, 0.05) is 32.4 Å².